The Hall–Kier alpha value is 0.430. The van der Waals surface area contributed by atoms with Crippen molar-refractivity contribution in [3.05, 3.63) is 0 Å². The Morgan fingerprint density at radius 1 is 1.00 bits per heavy atom. The second-order valence-electron chi connectivity index (χ2n) is 5.96. The third kappa shape index (κ3) is 0.782. The van der Waals surface area contributed by atoms with E-state index in [0.717, 1.165) is 17.0 Å². The van der Waals surface area contributed by atoms with Crippen molar-refractivity contribution in [3.63, 3.8) is 0 Å². The summed E-state index contributed by atoms with van der Waals surface area (Å²) in [5, 5.41) is 0. The standard InChI is InChI=1S/C11H23P/c1-9-8-10(2)12(9,3,4)11-6-5-7-11/h9-11H,5-8H2,1-4H3. The van der Waals surface area contributed by atoms with E-state index in [1.165, 1.54) is 12.8 Å². The molecule has 0 aromatic heterocycles. The van der Waals surface area contributed by atoms with Gasteiger partial charge in [0.25, 0.3) is 0 Å². The van der Waals surface area contributed by atoms with Crippen molar-refractivity contribution < 1.29 is 0 Å². The summed E-state index contributed by atoms with van der Waals surface area (Å²) in [5.74, 6) is 0. The van der Waals surface area contributed by atoms with E-state index in [9.17, 15) is 0 Å². The first kappa shape index (κ1) is 9.00. The summed E-state index contributed by atoms with van der Waals surface area (Å²) in [4.78, 5) is 0. The van der Waals surface area contributed by atoms with Gasteiger partial charge >= 0.3 is 76.4 Å². The summed E-state index contributed by atoms with van der Waals surface area (Å²) in [6, 6.07) is 0. The van der Waals surface area contributed by atoms with Crippen LogP contribution in [0.2, 0.25) is 0 Å². The normalized spacial score (nSPS) is 48.2. The van der Waals surface area contributed by atoms with E-state index in [1.807, 2.05) is 0 Å². The molecule has 1 saturated heterocycles. The molecule has 1 heterocycles. The average Bonchev–Trinajstić information content (AvgIpc) is 1.83. The zero-order valence-corrected chi connectivity index (χ0v) is 9.90. The molecule has 0 N–H and O–H groups in total. The van der Waals surface area contributed by atoms with Gasteiger partial charge in [0.15, 0.2) is 0 Å². The van der Waals surface area contributed by atoms with Gasteiger partial charge in [-0.25, -0.2) is 0 Å². The molecule has 0 aromatic rings. The van der Waals surface area contributed by atoms with Gasteiger partial charge in [0.05, 0.1) is 0 Å². The van der Waals surface area contributed by atoms with E-state index >= 15 is 0 Å². The molecule has 2 rings (SSSR count). The van der Waals surface area contributed by atoms with Gasteiger partial charge in [-0.05, 0) is 0 Å². The predicted octanol–water partition coefficient (Wildman–Crippen LogP) is 3.53. The molecule has 2 aliphatic rings. The molecule has 0 nitrogen and oxygen atoms in total. The third-order valence-corrected chi connectivity index (χ3v) is 14.5. The SMILES string of the molecule is CC1CC(C)P1(C)(C)C1CCC1. The van der Waals surface area contributed by atoms with E-state index in [-0.39, 0.29) is 0 Å². The Morgan fingerprint density at radius 2 is 1.50 bits per heavy atom. The monoisotopic (exact) mass is 186 g/mol. The van der Waals surface area contributed by atoms with Crippen LogP contribution in [0.25, 0.3) is 0 Å². The van der Waals surface area contributed by atoms with Gasteiger partial charge in [-0.1, -0.05) is 0 Å². The number of rotatable bonds is 1. The molecule has 12 heavy (non-hydrogen) atoms. The molecule has 0 amide bonds. The maximum absolute atomic E-state index is 2.67. The summed E-state index contributed by atoms with van der Waals surface area (Å²) in [6.45, 7) is 9.18. The van der Waals surface area contributed by atoms with Gasteiger partial charge in [0.1, 0.15) is 0 Å². The van der Waals surface area contributed by atoms with E-state index in [4.69, 9.17) is 0 Å². The predicted molar refractivity (Wildman–Crippen MR) is 59.9 cm³/mol. The Kier molecular flexibility index (Phi) is 1.70. The fraction of sp³-hybridized carbons (Fsp3) is 1.00. The van der Waals surface area contributed by atoms with Gasteiger partial charge in [-0.2, -0.15) is 0 Å². The van der Waals surface area contributed by atoms with E-state index < -0.39 is 6.60 Å². The first-order chi connectivity index (χ1) is 5.46. The molecule has 2 unspecified atom stereocenters. The number of hydrogen-bond acceptors (Lipinski definition) is 0. The summed E-state index contributed by atoms with van der Waals surface area (Å²) >= 11 is 0. The second kappa shape index (κ2) is 2.27. The maximum atomic E-state index is 2.67. The first-order valence-electron chi connectivity index (χ1n) is 5.46. The van der Waals surface area contributed by atoms with Crippen LogP contribution in [0.1, 0.15) is 39.5 Å². The molecule has 0 radical (unpaired) electrons. The minimum absolute atomic E-state index is 1.08. The zero-order chi connectivity index (χ0) is 9.01. The molecule has 0 spiro atoms. The van der Waals surface area contributed by atoms with Gasteiger partial charge < -0.3 is 0 Å². The van der Waals surface area contributed by atoms with Crippen LogP contribution in [0.3, 0.4) is 0 Å². The van der Waals surface area contributed by atoms with Crippen LogP contribution in [-0.2, 0) is 0 Å². The van der Waals surface area contributed by atoms with Gasteiger partial charge in [0.2, 0.25) is 0 Å². The second-order valence-corrected chi connectivity index (χ2v) is 13.3. The van der Waals surface area contributed by atoms with Crippen molar-refractivity contribution in [1.29, 1.82) is 0 Å². The molecule has 2 atom stereocenters. The van der Waals surface area contributed by atoms with Crippen LogP contribution in [0, 0.1) is 0 Å². The molecule has 1 aliphatic heterocycles. The first-order valence-corrected chi connectivity index (χ1v) is 8.79. The van der Waals surface area contributed by atoms with E-state index in [2.05, 4.69) is 27.2 Å². The summed E-state index contributed by atoms with van der Waals surface area (Å²) in [7, 11) is 0. The van der Waals surface area contributed by atoms with Crippen LogP contribution in [0.5, 0.6) is 0 Å². The van der Waals surface area contributed by atoms with Crippen molar-refractivity contribution in [2.75, 3.05) is 13.3 Å². The van der Waals surface area contributed by atoms with Gasteiger partial charge in [0, 0.05) is 0 Å². The Balaban J connectivity index is 2.24. The van der Waals surface area contributed by atoms with Crippen LogP contribution in [-0.4, -0.2) is 30.3 Å². The van der Waals surface area contributed by atoms with Crippen LogP contribution in [0.15, 0.2) is 0 Å². The molecule has 72 valence electrons. The Morgan fingerprint density at radius 3 is 1.67 bits per heavy atom. The van der Waals surface area contributed by atoms with Gasteiger partial charge in [-0.3, -0.25) is 0 Å². The van der Waals surface area contributed by atoms with Crippen LogP contribution < -0.4 is 0 Å². The summed E-state index contributed by atoms with van der Waals surface area (Å²) in [5.41, 5.74) is 3.32. The van der Waals surface area contributed by atoms with Crippen LogP contribution in [0.4, 0.5) is 0 Å². The molecule has 0 bridgehead atoms. The van der Waals surface area contributed by atoms with Crippen molar-refractivity contribution in [3.8, 4) is 0 Å². The Labute approximate surface area is 77.0 Å². The molecule has 1 aliphatic carbocycles. The molecular weight excluding hydrogens is 163 g/mol. The Bertz CT molecular complexity index is 191. The third-order valence-electron chi connectivity index (χ3n) is 5.69. The zero-order valence-electron chi connectivity index (χ0n) is 9.01. The summed E-state index contributed by atoms with van der Waals surface area (Å²) in [6.07, 6.45) is 6.14. The van der Waals surface area contributed by atoms with Crippen molar-refractivity contribution in [1.82, 2.24) is 0 Å². The fourth-order valence-electron chi connectivity index (χ4n) is 3.38. The quantitative estimate of drug-likeness (QED) is 0.549. The molecular formula is C11H23P. The topological polar surface area (TPSA) is 0 Å². The van der Waals surface area contributed by atoms with Crippen molar-refractivity contribution in [2.24, 2.45) is 0 Å². The molecule has 0 aromatic carbocycles. The molecule has 1 heteroatoms. The fourth-order valence-corrected chi connectivity index (χ4v) is 9.25. The van der Waals surface area contributed by atoms with Crippen molar-refractivity contribution >= 4 is 6.60 Å². The molecule has 2 fully saturated rings. The van der Waals surface area contributed by atoms with Crippen LogP contribution >= 0.6 is 6.60 Å². The minimum atomic E-state index is -1.19. The van der Waals surface area contributed by atoms with E-state index in [1.54, 1.807) is 12.8 Å². The molecule has 1 saturated carbocycles. The van der Waals surface area contributed by atoms with Gasteiger partial charge in [-0.15, -0.1) is 0 Å². The average molecular weight is 186 g/mol. The van der Waals surface area contributed by atoms with Crippen molar-refractivity contribution in [2.45, 2.75) is 56.5 Å². The number of hydrogen-bond donors (Lipinski definition) is 0. The summed E-state index contributed by atoms with van der Waals surface area (Å²) < 4.78 is 0. The van der Waals surface area contributed by atoms with E-state index in [0.29, 0.717) is 0 Å².